The Morgan fingerprint density at radius 2 is 1.82 bits per heavy atom. The van der Waals surface area contributed by atoms with Crippen molar-refractivity contribution in [3.8, 4) is 0 Å². The zero-order chi connectivity index (χ0) is 19.5. The third-order valence-corrected chi connectivity index (χ3v) is 4.57. The van der Waals surface area contributed by atoms with E-state index in [1.165, 1.54) is 0 Å². The van der Waals surface area contributed by atoms with Crippen LogP contribution in [-0.4, -0.2) is 35.2 Å². The van der Waals surface area contributed by atoms with Crippen molar-refractivity contribution >= 4 is 39.3 Å². The van der Waals surface area contributed by atoms with Gasteiger partial charge in [-0.1, -0.05) is 23.7 Å². The van der Waals surface area contributed by atoms with Crippen LogP contribution in [0.4, 0.5) is 5.82 Å². The lowest BCUT2D eigenvalue weighted by atomic mass is 10.2. The zero-order valence-corrected chi connectivity index (χ0v) is 16.9. The van der Waals surface area contributed by atoms with Crippen LogP contribution >= 0.6 is 27.5 Å². The maximum Gasteiger partial charge on any atom is 0.277 e. The van der Waals surface area contributed by atoms with Crippen LogP contribution in [0, 0.1) is 0 Å². The number of anilines is 1. The van der Waals surface area contributed by atoms with E-state index in [0.717, 1.165) is 10.0 Å². The fraction of sp³-hybridized carbons (Fsp3) is 0.111. The van der Waals surface area contributed by atoms with Gasteiger partial charge < -0.3 is 5.32 Å². The molecule has 0 fully saturated rings. The van der Waals surface area contributed by atoms with Crippen LogP contribution in [0.3, 0.4) is 0 Å². The van der Waals surface area contributed by atoms with Gasteiger partial charge in [0.15, 0.2) is 11.5 Å². The molecule has 0 atom stereocenters. The minimum Gasteiger partial charge on any atom is -0.304 e. The molecule has 8 nitrogen and oxygen atoms in total. The van der Waals surface area contributed by atoms with Gasteiger partial charge in [-0.2, -0.15) is 15.3 Å². The van der Waals surface area contributed by atoms with Crippen molar-refractivity contribution in [2.45, 2.75) is 13.2 Å². The van der Waals surface area contributed by atoms with E-state index >= 15 is 0 Å². The number of nitrogens with zero attached hydrogens (tertiary/aromatic N) is 6. The first kappa shape index (κ1) is 18.5. The number of halogens is 2. The predicted octanol–water partition coefficient (Wildman–Crippen LogP) is 3.50. The molecule has 3 aromatic heterocycles. The number of nitrogens with one attached hydrogen (secondary N) is 1. The third-order valence-electron chi connectivity index (χ3n) is 3.90. The van der Waals surface area contributed by atoms with Gasteiger partial charge in [-0.05, 0) is 39.7 Å². The van der Waals surface area contributed by atoms with Crippen molar-refractivity contribution in [3.63, 3.8) is 0 Å². The summed E-state index contributed by atoms with van der Waals surface area (Å²) in [6.45, 7) is 0.996. The highest BCUT2D eigenvalue weighted by Crippen LogP contribution is 2.12. The summed E-state index contributed by atoms with van der Waals surface area (Å²) < 4.78 is 5.96. The maximum atomic E-state index is 12.4. The molecule has 142 valence electrons. The Hall–Kier alpha value is -2.91. The molecule has 28 heavy (non-hydrogen) atoms. The topological polar surface area (TPSA) is 82.6 Å². The molecule has 3 heterocycles. The molecule has 0 unspecified atom stereocenters. The number of amides is 1. The van der Waals surface area contributed by atoms with E-state index in [1.54, 1.807) is 44.8 Å². The Bertz CT molecular complexity index is 1100. The molecule has 0 aliphatic rings. The zero-order valence-electron chi connectivity index (χ0n) is 14.5. The Kier molecular flexibility index (Phi) is 5.27. The summed E-state index contributed by atoms with van der Waals surface area (Å²) in [5.41, 5.74) is 1.37. The van der Waals surface area contributed by atoms with Gasteiger partial charge in [-0.25, -0.2) is 4.68 Å². The second-order valence-corrected chi connectivity index (χ2v) is 7.41. The standard InChI is InChI=1S/C18H15BrClN7O/c19-14-9-21-27(11-14)12-26-7-5-16(23-26)18(28)22-17-6-8-25(24-17)10-13-1-3-15(20)4-2-13/h1-9,11H,10,12H2,(H,22,24,28). The van der Waals surface area contributed by atoms with Crippen molar-refractivity contribution in [3.05, 3.63) is 81.9 Å². The third kappa shape index (κ3) is 4.49. The average Bonchev–Trinajstić information content (AvgIpc) is 3.40. The van der Waals surface area contributed by atoms with Crippen LogP contribution in [0.5, 0.6) is 0 Å². The Morgan fingerprint density at radius 1 is 1.04 bits per heavy atom. The lowest BCUT2D eigenvalue weighted by molar-refractivity contribution is 0.102. The Morgan fingerprint density at radius 3 is 2.57 bits per heavy atom. The van der Waals surface area contributed by atoms with Crippen molar-refractivity contribution in [1.82, 2.24) is 29.3 Å². The summed E-state index contributed by atoms with van der Waals surface area (Å²) in [5.74, 6) is 0.140. The monoisotopic (exact) mass is 459 g/mol. The van der Waals surface area contributed by atoms with Gasteiger partial charge in [-0.15, -0.1) is 0 Å². The summed E-state index contributed by atoms with van der Waals surface area (Å²) in [6.07, 6.45) is 7.05. The van der Waals surface area contributed by atoms with E-state index in [0.29, 0.717) is 29.7 Å². The molecular formula is C18H15BrClN7O. The van der Waals surface area contributed by atoms with Crippen molar-refractivity contribution in [2.24, 2.45) is 0 Å². The van der Waals surface area contributed by atoms with Crippen LogP contribution in [-0.2, 0) is 13.2 Å². The van der Waals surface area contributed by atoms with Gasteiger partial charge in [0.1, 0.15) is 6.67 Å². The van der Waals surface area contributed by atoms with Gasteiger partial charge in [0.2, 0.25) is 0 Å². The Labute approximate surface area is 173 Å². The van der Waals surface area contributed by atoms with E-state index in [1.807, 2.05) is 30.5 Å². The van der Waals surface area contributed by atoms with Gasteiger partial charge in [0.05, 0.1) is 17.2 Å². The fourth-order valence-corrected chi connectivity index (χ4v) is 3.05. The molecule has 1 aromatic carbocycles. The number of aromatic nitrogens is 6. The van der Waals surface area contributed by atoms with E-state index in [4.69, 9.17) is 11.6 Å². The highest BCUT2D eigenvalue weighted by Gasteiger charge is 2.12. The summed E-state index contributed by atoms with van der Waals surface area (Å²) in [5, 5.41) is 16.3. The van der Waals surface area contributed by atoms with Crippen molar-refractivity contribution in [2.75, 3.05) is 5.32 Å². The molecule has 0 saturated carbocycles. The van der Waals surface area contributed by atoms with Gasteiger partial charge >= 0.3 is 0 Å². The molecule has 0 radical (unpaired) electrons. The van der Waals surface area contributed by atoms with Crippen LogP contribution in [0.2, 0.25) is 5.02 Å². The Balaban J connectivity index is 1.37. The SMILES string of the molecule is O=C(Nc1ccn(Cc2ccc(Cl)cc2)n1)c1ccn(Cn2cc(Br)cn2)n1. The molecule has 1 amide bonds. The summed E-state index contributed by atoms with van der Waals surface area (Å²) in [4.78, 5) is 12.4. The smallest absolute Gasteiger partial charge is 0.277 e. The second kappa shape index (κ2) is 7.99. The predicted molar refractivity (Wildman–Crippen MR) is 108 cm³/mol. The molecule has 4 rings (SSSR count). The molecular weight excluding hydrogens is 446 g/mol. The molecule has 0 aliphatic carbocycles. The quantitative estimate of drug-likeness (QED) is 0.477. The normalized spacial score (nSPS) is 10.9. The van der Waals surface area contributed by atoms with Gasteiger partial charge in [0.25, 0.3) is 5.91 Å². The minimum absolute atomic E-state index is 0.304. The number of benzene rings is 1. The van der Waals surface area contributed by atoms with Crippen molar-refractivity contribution < 1.29 is 4.79 Å². The average molecular weight is 461 g/mol. The molecule has 0 aliphatic heterocycles. The van der Waals surface area contributed by atoms with Crippen LogP contribution in [0.25, 0.3) is 0 Å². The van der Waals surface area contributed by atoms with E-state index in [9.17, 15) is 4.79 Å². The first-order chi connectivity index (χ1) is 13.5. The highest BCUT2D eigenvalue weighted by molar-refractivity contribution is 9.10. The van der Waals surface area contributed by atoms with E-state index in [2.05, 4.69) is 36.5 Å². The second-order valence-electron chi connectivity index (χ2n) is 6.06. The molecule has 0 bridgehead atoms. The number of hydrogen-bond donors (Lipinski definition) is 1. The number of carbonyl (C=O) groups excluding carboxylic acids is 1. The summed E-state index contributed by atoms with van der Waals surface area (Å²) >= 11 is 9.24. The molecule has 4 aromatic rings. The maximum absolute atomic E-state index is 12.4. The first-order valence-electron chi connectivity index (χ1n) is 8.36. The highest BCUT2D eigenvalue weighted by atomic mass is 79.9. The van der Waals surface area contributed by atoms with Gasteiger partial charge in [0, 0.05) is 29.7 Å². The largest absolute Gasteiger partial charge is 0.304 e. The number of hydrogen-bond acceptors (Lipinski definition) is 4. The molecule has 1 N–H and O–H groups in total. The summed E-state index contributed by atoms with van der Waals surface area (Å²) in [6, 6.07) is 10.9. The van der Waals surface area contributed by atoms with Crippen LogP contribution in [0.15, 0.2) is 65.7 Å². The van der Waals surface area contributed by atoms with E-state index < -0.39 is 0 Å². The molecule has 0 spiro atoms. The fourth-order valence-electron chi connectivity index (χ4n) is 2.60. The minimum atomic E-state index is -0.322. The van der Waals surface area contributed by atoms with Crippen molar-refractivity contribution in [1.29, 1.82) is 0 Å². The molecule has 0 saturated heterocycles. The van der Waals surface area contributed by atoms with Gasteiger partial charge in [-0.3, -0.25) is 14.2 Å². The van der Waals surface area contributed by atoms with Crippen LogP contribution in [0.1, 0.15) is 16.1 Å². The van der Waals surface area contributed by atoms with E-state index in [-0.39, 0.29) is 5.91 Å². The molecule has 10 heteroatoms. The lowest BCUT2D eigenvalue weighted by Gasteiger charge is -2.03. The lowest BCUT2D eigenvalue weighted by Crippen LogP contribution is -2.15. The number of rotatable bonds is 6. The number of carbonyl (C=O) groups is 1. The summed E-state index contributed by atoms with van der Waals surface area (Å²) in [7, 11) is 0. The van der Waals surface area contributed by atoms with Crippen LogP contribution < -0.4 is 5.32 Å². The first-order valence-corrected chi connectivity index (χ1v) is 9.53.